The summed E-state index contributed by atoms with van der Waals surface area (Å²) in [6.07, 6.45) is -2.55. The molecule has 0 saturated heterocycles. The first-order chi connectivity index (χ1) is 8.56. The Kier molecular flexibility index (Phi) is 5.67. The first-order valence-electron chi connectivity index (χ1n) is 5.39. The van der Waals surface area contributed by atoms with E-state index in [-0.39, 0.29) is 5.56 Å². The Labute approximate surface area is 104 Å². The number of carboxylic acids is 1. The highest BCUT2D eigenvalue weighted by molar-refractivity contribution is 5.75. The van der Waals surface area contributed by atoms with E-state index in [4.69, 9.17) is 9.84 Å². The summed E-state index contributed by atoms with van der Waals surface area (Å²) in [7, 11) is 1.51. The molecule has 0 heterocycles. The van der Waals surface area contributed by atoms with Crippen LogP contribution in [0, 0.1) is 0 Å². The van der Waals surface area contributed by atoms with Crippen molar-refractivity contribution in [3.05, 3.63) is 35.4 Å². The average Bonchev–Trinajstić information content (AvgIpc) is 2.34. The van der Waals surface area contributed by atoms with E-state index in [0.29, 0.717) is 18.7 Å². The van der Waals surface area contributed by atoms with Gasteiger partial charge in [0.25, 0.3) is 6.43 Å². The maximum atomic E-state index is 12.4. The van der Waals surface area contributed by atoms with Crippen LogP contribution in [-0.4, -0.2) is 31.3 Å². The summed E-state index contributed by atoms with van der Waals surface area (Å²) in [5.41, 5.74) is 0.308. The minimum absolute atomic E-state index is 0.125. The van der Waals surface area contributed by atoms with Gasteiger partial charge in [0.05, 0.1) is 6.61 Å². The molecule has 0 aliphatic heterocycles. The van der Waals surface area contributed by atoms with Crippen molar-refractivity contribution in [2.75, 3.05) is 20.3 Å². The zero-order valence-electron chi connectivity index (χ0n) is 9.90. The van der Waals surface area contributed by atoms with Crippen molar-refractivity contribution >= 4 is 5.97 Å². The first kappa shape index (κ1) is 14.5. The largest absolute Gasteiger partial charge is 0.480 e. The van der Waals surface area contributed by atoms with Gasteiger partial charge in [0.15, 0.2) is 0 Å². The number of hydrogen-bond donors (Lipinski definition) is 2. The fourth-order valence-corrected chi connectivity index (χ4v) is 1.49. The zero-order chi connectivity index (χ0) is 13.5. The summed E-state index contributed by atoms with van der Waals surface area (Å²) in [5.74, 6) is -1.06. The van der Waals surface area contributed by atoms with Gasteiger partial charge in [-0.3, -0.25) is 10.1 Å². The number of methoxy groups -OCH3 is 1. The second kappa shape index (κ2) is 7.03. The van der Waals surface area contributed by atoms with Crippen molar-refractivity contribution in [1.82, 2.24) is 5.32 Å². The molecule has 0 saturated carbocycles. The minimum Gasteiger partial charge on any atom is -0.480 e. The summed E-state index contributed by atoms with van der Waals surface area (Å²) in [6, 6.07) is 4.31. The summed E-state index contributed by atoms with van der Waals surface area (Å²) in [6.45, 7) is 0.739. The lowest BCUT2D eigenvalue weighted by atomic mass is 10.0. The van der Waals surface area contributed by atoms with Crippen LogP contribution in [0.3, 0.4) is 0 Å². The molecule has 0 bridgehead atoms. The molecule has 1 aromatic carbocycles. The normalized spacial score (nSPS) is 12.7. The number of rotatable bonds is 7. The fourth-order valence-electron chi connectivity index (χ4n) is 1.49. The molecule has 0 fully saturated rings. The number of halogens is 2. The quantitative estimate of drug-likeness (QED) is 0.735. The van der Waals surface area contributed by atoms with Crippen LogP contribution >= 0.6 is 0 Å². The van der Waals surface area contributed by atoms with Crippen LogP contribution < -0.4 is 5.32 Å². The summed E-state index contributed by atoms with van der Waals surface area (Å²) < 4.78 is 29.5. The SMILES string of the molecule is COCCNC(C(=O)O)c1ccc(C(F)F)cc1. The molecule has 1 atom stereocenters. The van der Waals surface area contributed by atoms with Gasteiger partial charge < -0.3 is 9.84 Å². The molecule has 0 aliphatic carbocycles. The van der Waals surface area contributed by atoms with E-state index in [1.807, 2.05) is 0 Å². The van der Waals surface area contributed by atoms with Gasteiger partial charge in [0.1, 0.15) is 6.04 Å². The summed E-state index contributed by atoms with van der Waals surface area (Å²) >= 11 is 0. The number of ether oxygens (including phenoxy) is 1. The average molecular weight is 259 g/mol. The van der Waals surface area contributed by atoms with Gasteiger partial charge in [-0.1, -0.05) is 24.3 Å². The van der Waals surface area contributed by atoms with Crippen molar-refractivity contribution < 1.29 is 23.4 Å². The number of alkyl halides is 2. The highest BCUT2D eigenvalue weighted by atomic mass is 19.3. The molecule has 1 rings (SSSR count). The molecule has 2 N–H and O–H groups in total. The smallest absolute Gasteiger partial charge is 0.325 e. The number of nitrogens with one attached hydrogen (secondary N) is 1. The zero-order valence-corrected chi connectivity index (χ0v) is 9.90. The highest BCUT2D eigenvalue weighted by Crippen LogP contribution is 2.21. The third kappa shape index (κ3) is 4.05. The standard InChI is InChI=1S/C12H15F2NO3/c1-18-7-6-15-10(12(16)17)8-2-4-9(5-3-8)11(13)14/h2-5,10-11,15H,6-7H2,1H3,(H,16,17). The van der Waals surface area contributed by atoms with Gasteiger partial charge in [0.2, 0.25) is 0 Å². The molecule has 4 nitrogen and oxygen atoms in total. The number of benzene rings is 1. The van der Waals surface area contributed by atoms with Gasteiger partial charge in [-0.05, 0) is 5.56 Å². The Morgan fingerprint density at radius 1 is 1.33 bits per heavy atom. The molecule has 0 aromatic heterocycles. The van der Waals surface area contributed by atoms with Crippen molar-refractivity contribution in [1.29, 1.82) is 0 Å². The number of aliphatic carboxylic acids is 1. The highest BCUT2D eigenvalue weighted by Gasteiger charge is 2.19. The Morgan fingerprint density at radius 2 is 1.89 bits per heavy atom. The van der Waals surface area contributed by atoms with Gasteiger partial charge >= 0.3 is 5.97 Å². The molecule has 1 unspecified atom stereocenters. The second-order valence-corrected chi connectivity index (χ2v) is 3.69. The van der Waals surface area contributed by atoms with Crippen molar-refractivity contribution in [2.45, 2.75) is 12.5 Å². The van der Waals surface area contributed by atoms with Crippen LogP contribution in [0.1, 0.15) is 23.6 Å². The third-order valence-electron chi connectivity index (χ3n) is 2.42. The van der Waals surface area contributed by atoms with Gasteiger partial charge in [-0.15, -0.1) is 0 Å². The van der Waals surface area contributed by atoms with Crippen molar-refractivity contribution in [2.24, 2.45) is 0 Å². The van der Waals surface area contributed by atoms with E-state index in [2.05, 4.69) is 5.32 Å². The number of carboxylic acid groups (broad SMARTS) is 1. The maximum absolute atomic E-state index is 12.4. The molecule has 0 radical (unpaired) electrons. The maximum Gasteiger partial charge on any atom is 0.325 e. The third-order valence-corrected chi connectivity index (χ3v) is 2.42. The fraction of sp³-hybridized carbons (Fsp3) is 0.417. The molecule has 0 aliphatic rings. The lowest BCUT2D eigenvalue weighted by molar-refractivity contribution is -0.139. The van der Waals surface area contributed by atoms with Crippen molar-refractivity contribution in [3.8, 4) is 0 Å². The molecular formula is C12H15F2NO3. The summed E-state index contributed by atoms with van der Waals surface area (Å²) in [5, 5.41) is 11.8. The van der Waals surface area contributed by atoms with E-state index in [0.717, 1.165) is 0 Å². The van der Waals surface area contributed by atoms with Gasteiger partial charge in [0, 0.05) is 19.2 Å². The number of carbonyl (C=O) groups is 1. The predicted molar refractivity (Wildman–Crippen MR) is 61.7 cm³/mol. The van der Waals surface area contributed by atoms with Crippen LogP contribution in [0.2, 0.25) is 0 Å². The van der Waals surface area contributed by atoms with Gasteiger partial charge in [-0.25, -0.2) is 8.78 Å². The molecule has 18 heavy (non-hydrogen) atoms. The molecule has 6 heteroatoms. The van der Waals surface area contributed by atoms with Crippen LogP contribution in [0.5, 0.6) is 0 Å². The van der Waals surface area contributed by atoms with Gasteiger partial charge in [-0.2, -0.15) is 0 Å². The van der Waals surface area contributed by atoms with Crippen LogP contribution in [0.4, 0.5) is 8.78 Å². The van der Waals surface area contributed by atoms with E-state index in [9.17, 15) is 13.6 Å². The second-order valence-electron chi connectivity index (χ2n) is 3.69. The lowest BCUT2D eigenvalue weighted by Crippen LogP contribution is -2.31. The molecule has 0 spiro atoms. The Bertz CT molecular complexity index is 381. The molecule has 0 amide bonds. The lowest BCUT2D eigenvalue weighted by Gasteiger charge is -2.15. The van der Waals surface area contributed by atoms with E-state index < -0.39 is 18.4 Å². The van der Waals surface area contributed by atoms with Crippen LogP contribution in [0.15, 0.2) is 24.3 Å². The van der Waals surface area contributed by atoms with E-state index in [1.165, 1.54) is 31.4 Å². The first-order valence-corrected chi connectivity index (χ1v) is 5.39. The molecule has 1 aromatic rings. The number of hydrogen-bond acceptors (Lipinski definition) is 3. The van der Waals surface area contributed by atoms with Crippen molar-refractivity contribution in [3.63, 3.8) is 0 Å². The molecule has 100 valence electrons. The predicted octanol–water partition coefficient (Wildman–Crippen LogP) is 1.99. The summed E-state index contributed by atoms with van der Waals surface area (Å²) in [4.78, 5) is 11.1. The minimum atomic E-state index is -2.55. The topological polar surface area (TPSA) is 58.6 Å². The van der Waals surface area contributed by atoms with E-state index >= 15 is 0 Å². The molecular weight excluding hydrogens is 244 g/mol. The van der Waals surface area contributed by atoms with E-state index in [1.54, 1.807) is 0 Å². The Balaban J connectivity index is 2.76. The Morgan fingerprint density at radius 3 is 2.33 bits per heavy atom. The van der Waals surface area contributed by atoms with Crippen LogP contribution in [-0.2, 0) is 9.53 Å². The van der Waals surface area contributed by atoms with Crippen LogP contribution in [0.25, 0.3) is 0 Å². The Hall–Kier alpha value is -1.53. The monoisotopic (exact) mass is 259 g/mol.